The van der Waals surface area contributed by atoms with Gasteiger partial charge in [0.25, 0.3) is 0 Å². The van der Waals surface area contributed by atoms with E-state index in [-0.39, 0.29) is 47.2 Å². The lowest BCUT2D eigenvalue weighted by Gasteiger charge is -2.71. The number of hydrogen-bond acceptors (Lipinski definition) is 13. The van der Waals surface area contributed by atoms with Crippen molar-refractivity contribution in [3.05, 3.63) is 11.6 Å². The third-order valence-corrected chi connectivity index (χ3v) is 17.0. The quantitative estimate of drug-likeness (QED) is 0.132. The van der Waals surface area contributed by atoms with Gasteiger partial charge in [-0.05, 0) is 97.2 Å². The molecular formula is C41H66O14. The van der Waals surface area contributed by atoms with Crippen molar-refractivity contribution in [3.8, 4) is 0 Å². The Morgan fingerprint density at radius 2 is 1.49 bits per heavy atom. The van der Waals surface area contributed by atoms with Crippen LogP contribution in [0.1, 0.15) is 99.3 Å². The average molecular weight is 783 g/mol. The van der Waals surface area contributed by atoms with E-state index in [1.807, 2.05) is 6.92 Å². The van der Waals surface area contributed by atoms with E-state index in [2.05, 4.69) is 40.7 Å². The highest BCUT2D eigenvalue weighted by Crippen LogP contribution is 2.76. The maximum atomic E-state index is 13.1. The second-order valence-corrected chi connectivity index (χ2v) is 20.2. The molecule has 7 aliphatic rings. The number of carbonyl (C=O) groups is 1. The molecule has 7 rings (SSSR count). The predicted octanol–water partition coefficient (Wildman–Crippen LogP) is 1.46. The largest absolute Gasteiger partial charge is 0.481 e. The highest BCUT2D eigenvalue weighted by Gasteiger charge is 2.71. The summed E-state index contributed by atoms with van der Waals surface area (Å²) in [7, 11) is 0. The summed E-state index contributed by atoms with van der Waals surface area (Å²) in [6.07, 6.45) is -7.24. The molecule has 14 heteroatoms. The van der Waals surface area contributed by atoms with Crippen molar-refractivity contribution in [2.45, 2.75) is 167 Å². The average Bonchev–Trinajstić information content (AvgIpc) is 3.12. The van der Waals surface area contributed by atoms with Crippen LogP contribution in [-0.2, 0) is 23.7 Å². The third kappa shape index (κ3) is 6.13. The Morgan fingerprint density at radius 3 is 2.15 bits per heavy atom. The molecule has 0 unspecified atom stereocenters. The van der Waals surface area contributed by atoms with Crippen molar-refractivity contribution in [1.82, 2.24) is 0 Å². The fourth-order valence-corrected chi connectivity index (χ4v) is 13.5. The van der Waals surface area contributed by atoms with Crippen LogP contribution in [0.2, 0.25) is 0 Å². The van der Waals surface area contributed by atoms with Crippen LogP contribution in [-0.4, -0.2) is 139 Å². The molecule has 0 spiro atoms. The topological polar surface area (TPSA) is 236 Å². The number of aliphatic hydroxyl groups excluding tert-OH is 8. The molecule has 0 aromatic rings. The summed E-state index contributed by atoms with van der Waals surface area (Å²) in [6, 6.07) is 0. The number of aliphatic hydroxyl groups is 8. The second kappa shape index (κ2) is 14.2. The van der Waals surface area contributed by atoms with Crippen molar-refractivity contribution < 1.29 is 69.7 Å². The highest BCUT2D eigenvalue weighted by molar-refractivity contribution is 5.76. The van der Waals surface area contributed by atoms with E-state index in [0.717, 1.165) is 38.5 Å². The maximum absolute atomic E-state index is 13.1. The third-order valence-electron chi connectivity index (χ3n) is 17.0. The molecule has 2 saturated heterocycles. The van der Waals surface area contributed by atoms with Crippen molar-refractivity contribution in [2.75, 3.05) is 19.8 Å². The highest BCUT2D eigenvalue weighted by atomic mass is 16.7. The van der Waals surface area contributed by atoms with Crippen molar-refractivity contribution in [2.24, 2.45) is 50.2 Å². The van der Waals surface area contributed by atoms with Gasteiger partial charge in [-0.2, -0.15) is 0 Å². The molecule has 314 valence electrons. The van der Waals surface area contributed by atoms with Crippen LogP contribution in [0.25, 0.3) is 0 Å². The van der Waals surface area contributed by atoms with Crippen LogP contribution < -0.4 is 0 Å². The first-order chi connectivity index (χ1) is 25.6. The standard InChI is InChI=1S/C41H66O14/c1-36(2)11-13-41(35(50)51)14-12-39(5)20(21(41)15-36)7-8-26-37(3)16-22(44)32(38(4,19-43)25(37)9-10-40(26,39)6)55-34-30(49)31(28(47)24(17-42)53-34)54-33-29(48)27(46)23(45)18-52-33/h7,21-34,42-49H,8-19H2,1-6H3,(H,50,51)/t21-,22-,23+,24+,25-,26-,27-,28+,29+,30+,31-,32-,33-,34-,37-,38-,39+,40+,41-/m0/s1. The van der Waals surface area contributed by atoms with Gasteiger partial charge in [-0.25, -0.2) is 0 Å². The predicted molar refractivity (Wildman–Crippen MR) is 195 cm³/mol. The number of rotatable bonds is 7. The Balaban J connectivity index is 1.16. The molecule has 2 heterocycles. The van der Waals surface area contributed by atoms with Crippen LogP contribution in [0.3, 0.4) is 0 Å². The molecule has 9 N–H and O–H groups in total. The van der Waals surface area contributed by atoms with Crippen molar-refractivity contribution in [1.29, 1.82) is 0 Å². The minimum atomic E-state index is -1.72. The first-order valence-electron chi connectivity index (χ1n) is 20.5. The van der Waals surface area contributed by atoms with E-state index in [0.29, 0.717) is 19.3 Å². The lowest BCUT2D eigenvalue weighted by Crippen LogP contribution is -2.70. The van der Waals surface area contributed by atoms with Crippen LogP contribution in [0, 0.1) is 50.2 Å². The molecule has 4 saturated carbocycles. The molecule has 5 aliphatic carbocycles. The Labute approximate surface area is 323 Å². The molecule has 55 heavy (non-hydrogen) atoms. The van der Waals surface area contributed by atoms with Gasteiger partial charge in [-0.3, -0.25) is 4.79 Å². The Bertz CT molecular complexity index is 1490. The molecule has 19 atom stereocenters. The zero-order valence-electron chi connectivity index (χ0n) is 33.2. The Morgan fingerprint density at radius 1 is 0.800 bits per heavy atom. The molecule has 6 fully saturated rings. The number of ether oxygens (including phenoxy) is 4. The first kappa shape index (κ1) is 41.9. The van der Waals surface area contributed by atoms with Crippen LogP contribution in [0.4, 0.5) is 0 Å². The number of carboxylic acids is 1. The zero-order chi connectivity index (χ0) is 40.3. The van der Waals surface area contributed by atoms with Gasteiger partial charge in [0.15, 0.2) is 12.6 Å². The lowest BCUT2D eigenvalue weighted by atomic mass is 9.33. The van der Waals surface area contributed by atoms with E-state index < -0.39 is 96.3 Å². The number of aliphatic carboxylic acids is 1. The number of allylic oxidation sites excluding steroid dienone is 2. The summed E-state index contributed by atoms with van der Waals surface area (Å²) in [4.78, 5) is 13.1. The minimum absolute atomic E-state index is 0.0335. The smallest absolute Gasteiger partial charge is 0.310 e. The normalized spacial score (nSPS) is 54.9. The monoisotopic (exact) mass is 782 g/mol. The molecule has 0 bridgehead atoms. The van der Waals surface area contributed by atoms with Gasteiger partial charge < -0.3 is 64.9 Å². The summed E-state index contributed by atoms with van der Waals surface area (Å²) < 4.78 is 23.4. The second-order valence-electron chi connectivity index (χ2n) is 20.2. The van der Waals surface area contributed by atoms with Gasteiger partial charge in [0.2, 0.25) is 0 Å². The summed E-state index contributed by atoms with van der Waals surface area (Å²) in [5, 5.41) is 97.3. The lowest BCUT2D eigenvalue weighted by molar-refractivity contribution is -0.369. The molecule has 0 aromatic carbocycles. The van der Waals surface area contributed by atoms with Gasteiger partial charge in [0.1, 0.15) is 42.7 Å². The van der Waals surface area contributed by atoms with Gasteiger partial charge in [0, 0.05) is 5.41 Å². The Hall–Kier alpha value is -1.27. The van der Waals surface area contributed by atoms with Crippen LogP contribution in [0.15, 0.2) is 11.6 Å². The van der Waals surface area contributed by atoms with Gasteiger partial charge >= 0.3 is 5.97 Å². The SMILES string of the molecule is CC1(C)CC[C@]2(C(=O)O)CC[C@]3(C)C(=CC[C@H]4[C@@]5(C)C[C@H](O)[C@H](O[C@@H]6O[C@H](CO)[C@@H](O)[C@H](O[C@@H]7OC[C@@H](O)[C@H](O)[C@H]7O)[C@H]6O)[C@@](C)(CO)[C@H]5CC[C@]43C)[C@@H]2C1. The summed E-state index contributed by atoms with van der Waals surface area (Å²) in [5.41, 5.74) is -1.33. The molecular weight excluding hydrogens is 716 g/mol. The number of carboxylic acid groups (broad SMARTS) is 1. The minimum Gasteiger partial charge on any atom is -0.481 e. The fourth-order valence-electron chi connectivity index (χ4n) is 13.5. The first-order valence-corrected chi connectivity index (χ1v) is 20.5. The van der Waals surface area contributed by atoms with Gasteiger partial charge in [-0.15, -0.1) is 0 Å². The summed E-state index contributed by atoms with van der Waals surface area (Å²) in [6.45, 7) is 12.0. The number of fused-ring (bicyclic) bond motifs is 7. The van der Waals surface area contributed by atoms with E-state index in [4.69, 9.17) is 18.9 Å². The molecule has 0 radical (unpaired) electrons. The summed E-state index contributed by atoms with van der Waals surface area (Å²) >= 11 is 0. The Kier molecular flexibility index (Phi) is 10.8. The summed E-state index contributed by atoms with van der Waals surface area (Å²) in [5.74, 6) is -0.728. The zero-order valence-corrected chi connectivity index (χ0v) is 33.2. The van der Waals surface area contributed by atoms with E-state index in [1.54, 1.807) is 0 Å². The van der Waals surface area contributed by atoms with Crippen molar-refractivity contribution >= 4 is 5.97 Å². The molecule has 0 amide bonds. The maximum Gasteiger partial charge on any atom is 0.310 e. The fraction of sp³-hybridized carbons (Fsp3) is 0.927. The van der Waals surface area contributed by atoms with Crippen LogP contribution >= 0.6 is 0 Å². The van der Waals surface area contributed by atoms with E-state index in [1.165, 1.54) is 5.57 Å². The van der Waals surface area contributed by atoms with Gasteiger partial charge in [0.05, 0.1) is 37.4 Å². The van der Waals surface area contributed by atoms with Crippen molar-refractivity contribution in [3.63, 3.8) is 0 Å². The molecule has 14 nitrogen and oxygen atoms in total. The van der Waals surface area contributed by atoms with E-state index in [9.17, 15) is 50.8 Å². The van der Waals surface area contributed by atoms with Gasteiger partial charge in [-0.1, -0.05) is 53.2 Å². The number of hydrogen-bond donors (Lipinski definition) is 9. The van der Waals surface area contributed by atoms with Crippen LogP contribution in [0.5, 0.6) is 0 Å². The van der Waals surface area contributed by atoms with E-state index >= 15 is 0 Å². The molecule has 2 aliphatic heterocycles. The molecule has 0 aromatic heterocycles.